The predicted molar refractivity (Wildman–Crippen MR) is 68.8 cm³/mol. The third kappa shape index (κ3) is 2.81. The number of piperazine rings is 1. The third-order valence-electron chi connectivity index (χ3n) is 3.00. The second-order valence-electron chi connectivity index (χ2n) is 4.20. The molecule has 0 atom stereocenters. The number of nitrogens with one attached hydrogen (secondary N) is 1. The molecule has 1 saturated heterocycles. The average molecular weight is 321 g/mol. The summed E-state index contributed by atoms with van der Waals surface area (Å²) < 4.78 is 32.6. The van der Waals surface area contributed by atoms with Crippen LogP contribution in [0.1, 0.15) is 5.56 Å². The van der Waals surface area contributed by atoms with Crippen LogP contribution >= 0.6 is 15.9 Å². The fraction of sp³-hybridized carbons (Fsp3) is 0.500. The highest BCUT2D eigenvalue weighted by Gasteiger charge is 2.20. The van der Waals surface area contributed by atoms with Gasteiger partial charge in [-0.15, -0.1) is 0 Å². The molecule has 0 aliphatic carbocycles. The van der Waals surface area contributed by atoms with Gasteiger partial charge in [0.25, 0.3) is 0 Å². The molecule has 1 aliphatic rings. The summed E-state index contributed by atoms with van der Waals surface area (Å²) >= 11 is 3.08. The highest BCUT2D eigenvalue weighted by atomic mass is 79.9. The van der Waals surface area contributed by atoms with E-state index in [4.69, 9.17) is 4.74 Å². The molecular weight excluding hydrogens is 306 g/mol. The highest BCUT2D eigenvalue weighted by Crippen LogP contribution is 2.31. The van der Waals surface area contributed by atoms with Crippen molar-refractivity contribution in [2.45, 2.75) is 6.54 Å². The molecule has 1 aliphatic heterocycles. The first-order valence-corrected chi connectivity index (χ1v) is 6.56. The molecule has 100 valence electrons. The number of rotatable bonds is 3. The Labute approximate surface area is 113 Å². The number of methoxy groups -OCH3 is 1. The first kappa shape index (κ1) is 13.7. The van der Waals surface area contributed by atoms with Gasteiger partial charge in [0, 0.05) is 38.3 Å². The quantitative estimate of drug-likeness (QED) is 0.864. The lowest BCUT2D eigenvalue weighted by Gasteiger charge is -2.27. The van der Waals surface area contributed by atoms with E-state index in [0.717, 1.165) is 26.2 Å². The Hall–Kier alpha value is -0.720. The lowest BCUT2D eigenvalue weighted by Crippen LogP contribution is -2.43. The summed E-state index contributed by atoms with van der Waals surface area (Å²) in [4.78, 5) is 2.12. The summed E-state index contributed by atoms with van der Waals surface area (Å²) in [6.45, 7) is 3.96. The molecule has 0 bridgehead atoms. The third-order valence-corrected chi connectivity index (χ3v) is 3.58. The largest absolute Gasteiger partial charge is 0.491 e. The molecule has 6 heteroatoms. The van der Waals surface area contributed by atoms with E-state index in [0.29, 0.717) is 12.1 Å². The van der Waals surface area contributed by atoms with Crippen molar-refractivity contribution in [3.8, 4) is 5.75 Å². The summed E-state index contributed by atoms with van der Waals surface area (Å²) in [7, 11) is 1.27. The first-order chi connectivity index (χ1) is 8.63. The van der Waals surface area contributed by atoms with Crippen LogP contribution in [0.3, 0.4) is 0 Å². The van der Waals surface area contributed by atoms with Crippen molar-refractivity contribution in [2.24, 2.45) is 0 Å². The summed E-state index contributed by atoms with van der Waals surface area (Å²) in [6, 6.07) is 1.48. The Kier molecular flexibility index (Phi) is 4.53. The molecule has 1 aromatic rings. The van der Waals surface area contributed by atoms with Crippen LogP contribution in [-0.4, -0.2) is 38.2 Å². The van der Waals surface area contributed by atoms with E-state index in [1.807, 2.05) is 0 Å². The fourth-order valence-corrected chi connectivity index (χ4v) is 2.49. The Balaban J connectivity index is 2.24. The number of hydrogen-bond acceptors (Lipinski definition) is 3. The average Bonchev–Trinajstić information content (AvgIpc) is 2.38. The molecule has 0 saturated carbocycles. The van der Waals surface area contributed by atoms with Crippen LogP contribution in [0.5, 0.6) is 5.75 Å². The highest BCUT2D eigenvalue weighted by molar-refractivity contribution is 9.10. The van der Waals surface area contributed by atoms with Crippen molar-refractivity contribution in [3.63, 3.8) is 0 Å². The molecule has 0 radical (unpaired) electrons. The molecule has 1 heterocycles. The maximum Gasteiger partial charge on any atom is 0.191 e. The molecule has 1 fully saturated rings. The van der Waals surface area contributed by atoms with Gasteiger partial charge in [0.15, 0.2) is 17.4 Å². The molecule has 3 nitrogen and oxygen atoms in total. The van der Waals surface area contributed by atoms with E-state index >= 15 is 0 Å². The van der Waals surface area contributed by atoms with E-state index in [-0.39, 0.29) is 10.2 Å². The van der Waals surface area contributed by atoms with Gasteiger partial charge in [-0.05, 0) is 22.0 Å². The van der Waals surface area contributed by atoms with E-state index < -0.39 is 11.6 Å². The second-order valence-corrected chi connectivity index (χ2v) is 5.06. The predicted octanol–water partition coefficient (Wildman–Crippen LogP) is 2.14. The van der Waals surface area contributed by atoms with Crippen LogP contribution in [0, 0.1) is 11.6 Å². The number of ether oxygens (including phenoxy) is 1. The normalized spacial score (nSPS) is 16.9. The molecular formula is C12H15BrF2N2O. The topological polar surface area (TPSA) is 24.5 Å². The van der Waals surface area contributed by atoms with Crippen molar-refractivity contribution in [1.82, 2.24) is 10.2 Å². The molecule has 0 aromatic heterocycles. The molecule has 2 rings (SSSR count). The van der Waals surface area contributed by atoms with Crippen molar-refractivity contribution < 1.29 is 13.5 Å². The van der Waals surface area contributed by atoms with Gasteiger partial charge in [0.2, 0.25) is 0 Å². The molecule has 0 spiro atoms. The lowest BCUT2D eigenvalue weighted by molar-refractivity contribution is 0.229. The molecule has 1 aromatic carbocycles. The van der Waals surface area contributed by atoms with Crippen molar-refractivity contribution in [3.05, 3.63) is 27.7 Å². The number of hydrogen-bond donors (Lipinski definition) is 1. The minimum Gasteiger partial charge on any atom is -0.491 e. The maximum absolute atomic E-state index is 14.0. The lowest BCUT2D eigenvalue weighted by atomic mass is 10.1. The zero-order valence-electron chi connectivity index (χ0n) is 10.1. The number of halogens is 3. The Morgan fingerprint density at radius 3 is 2.61 bits per heavy atom. The summed E-state index contributed by atoms with van der Waals surface area (Å²) in [5.41, 5.74) is 0.446. The van der Waals surface area contributed by atoms with Gasteiger partial charge in [-0.3, -0.25) is 4.90 Å². The van der Waals surface area contributed by atoms with Crippen molar-refractivity contribution in [1.29, 1.82) is 0 Å². The zero-order chi connectivity index (χ0) is 13.1. The van der Waals surface area contributed by atoms with Gasteiger partial charge in [-0.1, -0.05) is 0 Å². The Morgan fingerprint density at radius 1 is 1.33 bits per heavy atom. The molecule has 1 N–H and O–H groups in total. The zero-order valence-corrected chi connectivity index (χ0v) is 11.7. The van der Waals surface area contributed by atoms with Gasteiger partial charge >= 0.3 is 0 Å². The monoisotopic (exact) mass is 320 g/mol. The summed E-state index contributed by atoms with van der Waals surface area (Å²) in [5.74, 6) is -1.63. The van der Waals surface area contributed by atoms with E-state index in [2.05, 4.69) is 26.1 Å². The number of nitrogens with zero attached hydrogens (tertiary/aromatic N) is 1. The van der Waals surface area contributed by atoms with E-state index in [9.17, 15) is 8.78 Å². The number of benzene rings is 1. The van der Waals surface area contributed by atoms with Crippen LogP contribution < -0.4 is 10.1 Å². The maximum atomic E-state index is 14.0. The van der Waals surface area contributed by atoms with Gasteiger partial charge in [0.05, 0.1) is 11.6 Å². The van der Waals surface area contributed by atoms with Crippen LogP contribution in [0.15, 0.2) is 10.5 Å². The van der Waals surface area contributed by atoms with Gasteiger partial charge in [0.1, 0.15) is 0 Å². The van der Waals surface area contributed by atoms with E-state index in [1.165, 1.54) is 13.2 Å². The fourth-order valence-electron chi connectivity index (χ4n) is 2.03. The Morgan fingerprint density at radius 2 is 2.00 bits per heavy atom. The van der Waals surface area contributed by atoms with Crippen LogP contribution in [0.4, 0.5) is 8.78 Å². The molecule has 0 amide bonds. The van der Waals surface area contributed by atoms with Gasteiger partial charge < -0.3 is 10.1 Å². The molecule has 0 unspecified atom stereocenters. The van der Waals surface area contributed by atoms with E-state index in [1.54, 1.807) is 0 Å². The van der Waals surface area contributed by atoms with Gasteiger partial charge in [-0.25, -0.2) is 8.78 Å². The standard InChI is InChI=1S/C12H15BrF2N2O/c1-18-12-10(14)8(6-9(13)11(12)15)7-17-4-2-16-3-5-17/h6,16H,2-5,7H2,1H3. The minimum absolute atomic E-state index is 0.228. The van der Waals surface area contributed by atoms with Crippen LogP contribution in [0.2, 0.25) is 0 Å². The van der Waals surface area contributed by atoms with Crippen molar-refractivity contribution >= 4 is 15.9 Å². The summed E-state index contributed by atoms with van der Waals surface area (Å²) in [5, 5.41) is 3.23. The molecule has 18 heavy (non-hydrogen) atoms. The minimum atomic E-state index is -0.695. The van der Waals surface area contributed by atoms with Crippen molar-refractivity contribution in [2.75, 3.05) is 33.3 Å². The van der Waals surface area contributed by atoms with Gasteiger partial charge in [-0.2, -0.15) is 0 Å². The second kappa shape index (κ2) is 5.95. The first-order valence-electron chi connectivity index (χ1n) is 5.77. The van der Waals surface area contributed by atoms with Crippen LogP contribution in [-0.2, 0) is 6.54 Å². The summed E-state index contributed by atoms with van der Waals surface area (Å²) in [6.07, 6.45) is 0. The Bertz CT molecular complexity index is 437. The SMILES string of the molecule is COc1c(F)c(Br)cc(CN2CCNCC2)c1F. The van der Waals surface area contributed by atoms with Crippen LogP contribution in [0.25, 0.3) is 0 Å². The smallest absolute Gasteiger partial charge is 0.191 e.